The van der Waals surface area contributed by atoms with Gasteiger partial charge in [-0.05, 0) is 25.0 Å². The van der Waals surface area contributed by atoms with Crippen molar-refractivity contribution in [2.45, 2.75) is 56.3 Å². The van der Waals surface area contributed by atoms with Crippen LogP contribution >= 0.6 is 11.3 Å². The number of hydrogen-bond donors (Lipinski definition) is 1. The van der Waals surface area contributed by atoms with Crippen LogP contribution in [0.4, 0.5) is 27.6 Å². The molecule has 226 valence electrons. The number of amides is 1. The first kappa shape index (κ1) is 30.0. The molecule has 1 saturated carbocycles. The first-order chi connectivity index (χ1) is 19.6. The minimum Gasteiger partial charge on any atom is -0.366 e. The van der Waals surface area contributed by atoms with E-state index in [1.807, 2.05) is 6.07 Å². The van der Waals surface area contributed by atoms with E-state index in [-0.39, 0.29) is 70.2 Å². The lowest BCUT2D eigenvalue weighted by atomic mass is 10.1. The number of hydrogen-bond acceptors (Lipinski definition) is 9. The highest BCUT2D eigenvalue weighted by molar-refractivity contribution is 7.89. The zero-order valence-electron chi connectivity index (χ0n) is 22.3. The van der Waals surface area contributed by atoms with Gasteiger partial charge in [-0.15, -0.1) is 10.2 Å². The number of piperazine rings is 1. The van der Waals surface area contributed by atoms with Gasteiger partial charge in [0.2, 0.25) is 15.9 Å². The molecule has 1 aliphatic heterocycles. The summed E-state index contributed by atoms with van der Waals surface area (Å²) in [5.74, 6) is -0.361. The highest BCUT2D eigenvalue weighted by Crippen LogP contribution is 2.41. The third kappa shape index (κ3) is 5.90. The minimum atomic E-state index is -4.73. The Labute approximate surface area is 241 Å². The van der Waals surface area contributed by atoms with Crippen molar-refractivity contribution in [1.29, 1.82) is 5.26 Å². The third-order valence-corrected chi connectivity index (χ3v) is 9.44. The lowest BCUT2D eigenvalue weighted by molar-refractivity contribution is -0.141. The molecule has 0 atom stereocenters. The highest BCUT2D eigenvalue weighted by atomic mass is 32.2. The highest BCUT2D eigenvalue weighted by Gasteiger charge is 2.47. The Morgan fingerprint density at radius 3 is 2.36 bits per heavy atom. The normalized spacial score (nSPS) is 17.3. The van der Waals surface area contributed by atoms with E-state index in [1.165, 1.54) is 6.07 Å². The van der Waals surface area contributed by atoms with Crippen molar-refractivity contribution in [3.8, 4) is 16.8 Å². The van der Waals surface area contributed by atoms with Gasteiger partial charge in [0, 0.05) is 37.5 Å². The van der Waals surface area contributed by atoms with Crippen LogP contribution in [-0.4, -0.2) is 77.1 Å². The van der Waals surface area contributed by atoms with E-state index >= 15 is 0 Å². The van der Waals surface area contributed by atoms with E-state index in [0.29, 0.717) is 28.9 Å². The molecule has 42 heavy (non-hydrogen) atoms. The largest absolute Gasteiger partial charge is 0.408 e. The third-order valence-electron chi connectivity index (χ3n) is 6.99. The van der Waals surface area contributed by atoms with Crippen LogP contribution in [0.25, 0.3) is 21.6 Å². The Hall–Kier alpha value is -3.43. The number of nitrogens with one attached hydrogen (secondary N) is 1. The van der Waals surface area contributed by atoms with Crippen molar-refractivity contribution < 1.29 is 35.2 Å². The fourth-order valence-electron chi connectivity index (χ4n) is 4.74. The van der Waals surface area contributed by atoms with E-state index in [4.69, 9.17) is 0 Å². The van der Waals surface area contributed by atoms with Crippen LogP contribution in [0.1, 0.15) is 38.1 Å². The Balaban J connectivity index is 1.69. The van der Waals surface area contributed by atoms with Crippen LogP contribution < -0.4 is 9.62 Å². The van der Waals surface area contributed by atoms with Crippen molar-refractivity contribution in [2.75, 3.05) is 31.1 Å². The predicted molar refractivity (Wildman–Crippen MR) is 141 cm³/mol. The van der Waals surface area contributed by atoms with Crippen LogP contribution in [0.3, 0.4) is 0 Å². The van der Waals surface area contributed by atoms with E-state index in [9.17, 15) is 40.4 Å². The summed E-state index contributed by atoms with van der Waals surface area (Å²) in [6.07, 6.45) is -7.14. The molecule has 0 radical (unpaired) electrons. The van der Waals surface area contributed by atoms with Crippen LogP contribution in [-0.2, 0) is 21.4 Å². The molecular formula is C24H25F5N8O3S2. The van der Waals surface area contributed by atoms with Crippen molar-refractivity contribution in [3.05, 3.63) is 17.1 Å². The molecule has 11 nitrogen and oxygen atoms in total. The van der Waals surface area contributed by atoms with E-state index in [2.05, 4.69) is 20.0 Å². The maximum Gasteiger partial charge on any atom is 0.408 e. The van der Waals surface area contributed by atoms with Gasteiger partial charge in [0.1, 0.15) is 17.8 Å². The molecule has 1 aromatic carbocycles. The summed E-state index contributed by atoms with van der Waals surface area (Å²) in [5, 5.41) is 19.6. The quantitative estimate of drug-likeness (QED) is 0.372. The minimum absolute atomic E-state index is 0.0726. The van der Waals surface area contributed by atoms with E-state index in [0.717, 1.165) is 6.07 Å². The molecule has 0 spiro atoms. The number of alkyl halides is 5. The Morgan fingerprint density at radius 1 is 1.17 bits per heavy atom. The van der Waals surface area contributed by atoms with Crippen LogP contribution in [0.5, 0.6) is 0 Å². The Bertz CT molecular complexity index is 1670. The summed E-state index contributed by atoms with van der Waals surface area (Å²) < 4.78 is 97.6. The fourth-order valence-corrected chi connectivity index (χ4v) is 6.86. The first-order valence-electron chi connectivity index (χ1n) is 12.9. The zero-order chi connectivity index (χ0) is 30.6. The summed E-state index contributed by atoms with van der Waals surface area (Å²) >= 11 is 0.430. The number of fused-ring (bicyclic) bond motifs is 1. The van der Waals surface area contributed by atoms with Gasteiger partial charge in [0.25, 0.3) is 6.43 Å². The molecule has 0 bridgehead atoms. The standard InChI is InChI=1S/C24H25F5N8O3S2/c1-13(2)22(38)36-7-5-35(6-8-36)16-10-14(42(39,40)34-23(11-30)3-4-23)9-15-17(20-31-32-21(41-20)19(25)26)33-37(18(15)16)12-24(27,28)29/h9-10,13,19,34H,3-8,12H2,1-2H3. The van der Waals surface area contributed by atoms with Gasteiger partial charge in [-0.3, -0.25) is 9.48 Å². The van der Waals surface area contributed by atoms with Crippen molar-refractivity contribution >= 4 is 43.9 Å². The molecule has 2 aliphatic rings. The maximum absolute atomic E-state index is 13.7. The second-order valence-electron chi connectivity index (χ2n) is 10.5. The monoisotopic (exact) mass is 632 g/mol. The molecule has 5 rings (SSSR count). The van der Waals surface area contributed by atoms with Gasteiger partial charge >= 0.3 is 6.18 Å². The van der Waals surface area contributed by atoms with E-state index in [1.54, 1.807) is 23.6 Å². The molecular weight excluding hydrogens is 607 g/mol. The summed E-state index contributed by atoms with van der Waals surface area (Å²) in [6.45, 7) is 2.76. The van der Waals surface area contributed by atoms with Crippen LogP contribution in [0.15, 0.2) is 17.0 Å². The second kappa shape index (κ2) is 10.7. The number of aromatic nitrogens is 4. The number of carbonyl (C=O) groups is 1. The summed E-state index contributed by atoms with van der Waals surface area (Å²) in [5.41, 5.74) is -1.52. The molecule has 18 heteroatoms. The van der Waals surface area contributed by atoms with Crippen molar-refractivity contribution in [2.24, 2.45) is 5.92 Å². The maximum atomic E-state index is 13.7. The fraction of sp³-hybridized carbons (Fsp3) is 0.542. The van der Waals surface area contributed by atoms with Crippen molar-refractivity contribution in [1.82, 2.24) is 29.6 Å². The molecule has 1 aliphatic carbocycles. The number of sulfonamides is 1. The molecule has 1 N–H and O–H groups in total. The Morgan fingerprint density at radius 2 is 1.83 bits per heavy atom. The molecule has 1 amide bonds. The SMILES string of the molecule is CC(C)C(=O)N1CCN(c2cc(S(=O)(=O)NC3(C#N)CC3)cc3c(-c4nnc(C(F)F)s4)nn(CC(F)(F)F)c23)CC1. The van der Waals surface area contributed by atoms with Gasteiger partial charge in [-0.1, -0.05) is 25.2 Å². The van der Waals surface area contributed by atoms with Gasteiger partial charge in [-0.2, -0.15) is 28.3 Å². The van der Waals surface area contributed by atoms with Gasteiger partial charge in [0.15, 0.2) is 10.0 Å². The topological polar surface area (TPSA) is 137 Å². The first-order valence-corrected chi connectivity index (χ1v) is 15.2. The molecule has 2 aromatic heterocycles. The lowest BCUT2D eigenvalue weighted by Gasteiger charge is -2.37. The van der Waals surface area contributed by atoms with Crippen LogP contribution in [0, 0.1) is 17.2 Å². The number of carbonyl (C=O) groups excluding carboxylic acids is 1. The number of nitrogens with zero attached hydrogens (tertiary/aromatic N) is 7. The summed E-state index contributed by atoms with van der Waals surface area (Å²) in [4.78, 5) is 15.4. The smallest absolute Gasteiger partial charge is 0.366 e. The molecule has 2 fully saturated rings. The number of halogens is 5. The average Bonchev–Trinajstić information content (AvgIpc) is 3.34. The number of nitriles is 1. The predicted octanol–water partition coefficient (Wildman–Crippen LogP) is 3.69. The number of benzene rings is 1. The van der Waals surface area contributed by atoms with E-state index < -0.39 is 39.7 Å². The lowest BCUT2D eigenvalue weighted by Crippen LogP contribution is -2.50. The Kier molecular flexibility index (Phi) is 7.64. The second-order valence-corrected chi connectivity index (χ2v) is 13.2. The average molecular weight is 633 g/mol. The van der Waals surface area contributed by atoms with Gasteiger partial charge in [-0.25, -0.2) is 17.2 Å². The molecule has 3 aromatic rings. The van der Waals surface area contributed by atoms with Crippen molar-refractivity contribution in [3.63, 3.8) is 0 Å². The van der Waals surface area contributed by atoms with Gasteiger partial charge in [0.05, 0.1) is 22.2 Å². The number of rotatable bonds is 8. The zero-order valence-corrected chi connectivity index (χ0v) is 24.0. The summed E-state index contributed by atoms with van der Waals surface area (Å²) in [6, 6.07) is 4.24. The molecule has 3 heterocycles. The van der Waals surface area contributed by atoms with Crippen LogP contribution in [0.2, 0.25) is 0 Å². The number of anilines is 1. The molecule has 1 saturated heterocycles. The summed E-state index contributed by atoms with van der Waals surface area (Å²) in [7, 11) is -4.36. The van der Waals surface area contributed by atoms with Gasteiger partial charge < -0.3 is 9.80 Å². The molecule has 0 unspecified atom stereocenters.